The van der Waals surface area contributed by atoms with Gasteiger partial charge < -0.3 is 4.90 Å². The second kappa shape index (κ2) is 5.20. The molecule has 1 saturated heterocycles. The van der Waals surface area contributed by atoms with Gasteiger partial charge in [-0.2, -0.15) is 0 Å². The van der Waals surface area contributed by atoms with E-state index >= 15 is 0 Å². The van der Waals surface area contributed by atoms with Crippen molar-refractivity contribution < 1.29 is 13.2 Å². The first-order valence-electron chi connectivity index (χ1n) is 6.29. The van der Waals surface area contributed by atoms with Crippen LogP contribution in [-0.4, -0.2) is 48.3 Å². The van der Waals surface area contributed by atoms with Crippen LogP contribution in [0.15, 0.2) is 0 Å². The lowest BCUT2D eigenvalue weighted by Crippen LogP contribution is -2.40. The molecule has 0 radical (unpaired) electrons. The fraction of sp³-hybridized carbons (Fsp3) is 0.667. The number of sulfone groups is 1. The van der Waals surface area contributed by atoms with Crippen LogP contribution in [0, 0.1) is 13.8 Å². The van der Waals surface area contributed by atoms with Crippen LogP contribution in [-0.2, 0) is 9.84 Å². The molecule has 2 rings (SSSR count). The third-order valence-corrected chi connectivity index (χ3v) is 6.16. The number of rotatable bonds is 3. The summed E-state index contributed by atoms with van der Waals surface area (Å²) in [5.74, 6) is 0.179. The standard InChI is InChI=1S/C12H18N2O3S2/c1-4-14(10-5-6-19(16,17)7-10)12(15)11-8(2)13-9(3)18-11/h10H,4-7H2,1-3H3. The van der Waals surface area contributed by atoms with Crippen LogP contribution in [0.3, 0.4) is 0 Å². The molecular formula is C12H18N2O3S2. The molecule has 0 N–H and O–H groups in total. The van der Waals surface area contributed by atoms with Crippen molar-refractivity contribution in [2.24, 2.45) is 0 Å². The molecule has 19 heavy (non-hydrogen) atoms. The Bertz CT molecular complexity index is 592. The molecule has 106 valence electrons. The summed E-state index contributed by atoms with van der Waals surface area (Å²) < 4.78 is 23.1. The van der Waals surface area contributed by atoms with E-state index in [4.69, 9.17) is 0 Å². The molecule has 1 amide bonds. The second-order valence-corrected chi connectivity index (χ2v) is 8.23. The Morgan fingerprint density at radius 3 is 2.58 bits per heavy atom. The first kappa shape index (κ1) is 14.5. The average Bonchev–Trinajstić information content (AvgIpc) is 2.82. The van der Waals surface area contributed by atoms with Crippen molar-refractivity contribution >= 4 is 27.1 Å². The molecule has 0 saturated carbocycles. The molecule has 0 spiro atoms. The molecule has 2 heterocycles. The minimum absolute atomic E-state index is 0.0867. The Balaban J connectivity index is 2.23. The van der Waals surface area contributed by atoms with Gasteiger partial charge in [0.2, 0.25) is 0 Å². The maximum absolute atomic E-state index is 12.5. The van der Waals surface area contributed by atoms with Crippen molar-refractivity contribution in [1.82, 2.24) is 9.88 Å². The Labute approximate surface area is 117 Å². The topological polar surface area (TPSA) is 67.3 Å². The van der Waals surface area contributed by atoms with E-state index in [0.29, 0.717) is 17.8 Å². The van der Waals surface area contributed by atoms with Crippen LogP contribution in [0.25, 0.3) is 0 Å². The van der Waals surface area contributed by atoms with Gasteiger partial charge in [0, 0.05) is 12.6 Å². The van der Waals surface area contributed by atoms with Crippen LogP contribution in [0.4, 0.5) is 0 Å². The molecule has 1 aromatic heterocycles. The number of hydrogen-bond acceptors (Lipinski definition) is 5. The van der Waals surface area contributed by atoms with Crippen molar-refractivity contribution in [3.63, 3.8) is 0 Å². The number of hydrogen-bond donors (Lipinski definition) is 0. The minimum atomic E-state index is -2.98. The maximum atomic E-state index is 12.5. The highest BCUT2D eigenvalue weighted by Crippen LogP contribution is 2.24. The molecular weight excluding hydrogens is 284 g/mol. The van der Waals surface area contributed by atoms with E-state index in [-0.39, 0.29) is 23.5 Å². The molecule has 1 aliphatic heterocycles. The fourth-order valence-corrected chi connectivity index (χ4v) is 5.06. The summed E-state index contributed by atoms with van der Waals surface area (Å²) in [6.07, 6.45) is 0.540. The highest BCUT2D eigenvalue weighted by atomic mass is 32.2. The highest BCUT2D eigenvalue weighted by Gasteiger charge is 2.35. The smallest absolute Gasteiger partial charge is 0.266 e. The Morgan fingerprint density at radius 2 is 2.16 bits per heavy atom. The lowest BCUT2D eigenvalue weighted by Gasteiger charge is -2.26. The predicted octanol–water partition coefficient (Wildman–Crippen LogP) is 1.41. The number of aromatic nitrogens is 1. The third-order valence-electron chi connectivity index (χ3n) is 3.35. The summed E-state index contributed by atoms with van der Waals surface area (Å²) in [7, 11) is -2.98. The van der Waals surface area contributed by atoms with Crippen LogP contribution >= 0.6 is 11.3 Å². The average molecular weight is 302 g/mol. The van der Waals surface area contributed by atoms with Gasteiger partial charge in [0.25, 0.3) is 5.91 Å². The SMILES string of the molecule is CCN(C(=O)c1sc(C)nc1C)C1CCS(=O)(=O)C1. The van der Waals surface area contributed by atoms with Gasteiger partial charge in [-0.25, -0.2) is 13.4 Å². The van der Waals surface area contributed by atoms with Gasteiger partial charge in [-0.1, -0.05) is 0 Å². The van der Waals surface area contributed by atoms with Crippen molar-refractivity contribution in [2.75, 3.05) is 18.1 Å². The Kier molecular flexibility index (Phi) is 3.96. The molecule has 1 atom stereocenters. The predicted molar refractivity (Wildman–Crippen MR) is 75.4 cm³/mol. The molecule has 0 bridgehead atoms. The van der Waals surface area contributed by atoms with Gasteiger partial charge in [-0.3, -0.25) is 4.79 Å². The van der Waals surface area contributed by atoms with E-state index in [1.807, 2.05) is 20.8 Å². The quantitative estimate of drug-likeness (QED) is 0.846. The van der Waals surface area contributed by atoms with Gasteiger partial charge in [-0.05, 0) is 27.2 Å². The van der Waals surface area contributed by atoms with Crippen molar-refractivity contribution in [3.8, 4) is 0 Å². The summed E-state index contributed by atoms with van der Waals surface area (Å²) in [4.78, 5) is 19.1. The largest absolute Gasteiger partial charge is 0.334 e. The van der Waals surface area contributed by atoms with Gasteiger partial charge in [0.1, 0.15) is 4.88 Å². The molecule has 1 fully saturated rings. The van der Waals surface area contributed by atoms with Crippen LogP contribution in [0.2, 0.25) is 0 Å². The summed E-state index contributed by atoms with van der Waals surface area (Å²) >= 11 is 1.37. The van der Waals surface area contributed by atoms with Gasteiger partial charge in [0.15, 0.2) is 9.84 Å². The van der Waals surface area contributed by atoms with E-state index in [2.05, 4.69) is 4.98 Å². The Morgan fingerprint density at radius 1 is 1.47 bits per heavy atom. The first-order valence-corrected chi connectivity index (χ1v) is 8.93. The van der Waals surface area contributed by atoms with Crippen LogP contribution in [0.5, 0.6) is 0 Å². The minimum Gasteiger partial charge on any atom is -0.334 e. The lowest BCUT2D eigenvalue weighted by atomic mass is 10.2. The monoisotopic (exact) mass is 302 g/mol. The summed E-state index contributed by atoms with van der Waals surface area (Å²) in [6, 6.07) is -0.190. The van der Waals surface area contributed by atoms with E-state index in [1.165, 1.54) is 11.3 Å². The maximum Gasteiger partial charge on any atom is 0.266 e. The Hall–Kier alpha value is -0.950. The number of nitrogens with zero attached hydrogens (tertiary/aromatic N) is 2. The molecule has 1 aromatic rings. The molecule has 7 heteroatoms. The van der Waals surface area contributed by atoms with E-state index < -0.39 is 9.84 Å². The van der Waals surface area contributed by atoms with Crippen molar-refractivity contribution in [1.29, 1.82) is 0 Å². The van der Waals surface area contributed by atoms with Crippen LogP contribution in [0.1, 0.15) is 33.7 Å². The number of carbonyl (C=O) groups is 1. The highest BCUT2D eigenvalue weighted by molar-refractivity contribution is 7.91. The number of carbonyl (C=O) groups excluding carboxylic acids is 1. The molecule has 1 aliphatic rings. The summed E-state index contributed by atoms with van der Waals surface area (Å²) in [6.45, 7) is 6.09. The van der Waals surface area contributed by atoms with E-state index in [9.17, 15) is 13.2 Å². The normalized spacial score (nSPS) is 21.5. The molecule has 0 aliphatic carbocycles. The zero-order chi connectivity index (χ0) is 14.2. The van der Waals surface area contributed by atoms with Crippen molar-refractivity contribution in [3.05, 3.63) is 15.6 Å². The zero-order valence-corrected chi connectivity index (χ0v) is 13.0. The third kappa shape index (κ3) is 2.97. The molecule has 5 nitrogen and oxygen atoms in total. The lowest BCUT2D eigenvalue weighted by molar-refractivity contribution is 0.0712. The summed E-state index contributed by atoms with van der Waals surface area (Å²) in [5.41, 5.74) is 0.729. The second-order valence-electron chi connectivity index (χ2n) is 4.80. The van der Waals surface area contributed by atoms with Gasteiger partial charge in [-0.15, -0.1) is 11.3 Å². The van der Waals surface area contributed by atoms with Gasteiger partial charge in [0.05, 0.1) is 22.2 Å². The number of amides is 1. The van der Waals surface area contributed by atoms with Gasteiger partial charge >= 0.3 is 0 Å². The zero-order valence-electron chi connectivity index (χ0n) is 11.3. The first-order chi connectivity index (χ1) is 8.84. The van der Waals surface area contributed by atoms with Crippen molar-refractivity contribution in [2.45, 2.75) is 33.2 Å². The molecule has 1 unspecified atom stereocenters. The van der Waals surface area contributed by atoms with E-state index in [0.717, 1.165) is 10.7 Å². The number of thiazole rings is 1. The fourth-order valence-electron chi connectivity index (χ4n) is 2.45. The van der Waals surface area contributed by atoms with E-state index in [1.54, 1.807) is 4.90 Å². The summed E-state index contributed by atoms with van der Waals surface area (Å²) in [5, 5.41) is 0.857. The molecule has 0 aromatic carbocycles. The number of aryl methyl sites for hydroxylation is 2. The van der Waals surface area contributed by atoms with Crippen LogP contribution < -0.4 is 0 Å².